The number of carbonyl (C=O) groups is 1. The summed E-state index contributed by atoms with van der Waals surface area (Å²) in [5.41, 5.74) is 0.975. The van der Waals surface area contributed by atoms with Gasteiger partial charge in [0.15, 0.2) is 23.2 Å². The van der Waals surface area contributed by atoms with Crippen molar-refractivity contribution in [2.75, 3.05) is 0 Å². The van der Waals surface area contributed by atoms with Gasteiger partial charge >= 0.3 is 5.97 Å². The first-order valence-corrected chi connectivity index (χ1v) is 11.5. The number of hydrogen-bond acceptors (Lipinski definition) is 2. The van der Waals surface area contributed by atoms with Gasteiger partial charge in [-0.3, -0.25) is 4.79 Å². The average molecular weight is 449 g/mol. The number of ether oxygens (including phenoxy) is 1. The highest BCUT2D eigenvalue weighted by molar-refractivity contribution is 5.75. The van der Waals surface area contributed by atoms with E-state index in [1.54, 1.807) is 12.1 Å². The van der Waals surface area contributed by atoms with Crippen molar-refractivity contribution in [3.63, 3.8) is 0 Å². The molecule has 0 atom stereocenters. The molecular formula is C26H28F4O2. The zero-order valence-corrected chi connectivity index (χ0v) is 18.2. The van der Waals surface area contributed by atoms with Crippen molar-refractivity contribution < 1.29 is 27.1 Å². The van der Waals surface area contributed by atoms with E-state index in [0.717, 1.165) is 32.1 Å². The molecule has 0 unspecified atom stereocenters. The van der Waals surface area contributed by atoms with Gasteiger partial charge < -0.3 is 4.74 Å². The summed E-state index contributed by atoms with van der Waals surface area (Å²) in [7, 11) is 0. The second-order valence-corrected chi connectivity index (χ2v) is 9.19. The summed E-state index contributed by atoms with van der Waals surface area (Å²) in [5, 5.41) is 0. The SMILES string of the molecule is Cc1ccc(OC(=O)C2CCC(c3ccc(C4CCCCC4)c(F)c3F)CC2)c(F)c1F. The molecule has 0 aliphatic heterocycles. The molecule has 0 bridgehead atoms. The Balaban J connectivity index is 1.40. The van der Waals surface area contributed by atoms with Crippen LogP contribution in [-0.4, -0.2) is 5.97 Å². The standard InChI is InChI=1S/C26H28F4O2/c1-15-7-14-21(25(30)22(15)27)32-26(31)18-10-8-17(9-11-18)20-13-12-19(23(28)24(20)29)16-5-3-2-4-6-16/h7,12-14,16-18H,2-6,8-11H2,1H3. The van der Waals surface area contributed by atoms with Gasteiger partial charge in [0, 0.05) is 0 Å². The van der Waals surface area contributed by atoms with E-state index in [-0.39, 0.29) is 17.4 Å². The largest absolute Gasteiger partial charge is 0.423 e. The molecule has 2 nitrogen and oxygen atoms in total. The van der Waals surface area contributed by atoms with Crippen molar-refractivity contribution in [2.24, 2.45) is 5.92 Å². The average Bonchev–Trinajstić information content (AvgIpc) is 2.82. The quantitative estimate of drug-likeness (QED) is 0.275. The highest BCUT2D eigenvalue weighted by Crippen LogP contribution is 2.41. The lowest BCUT2D eigenvalue weighted by Crippen LogP contribution is -2.26. The predicted molar refractivity (Wildman–Crippen MR) is 114 cm³/mol. The molecule has 2 aromatic carbocycles. The molecule has 0 N–H and O–H groups in total. The molecule has 0 amide bonds. The molecule has 6 heteroatoms. The maximum absolute atomic E-state index is 14.9. The van der Waals surface area contributed by atoms with Gasteiger partial charge in [0.1, 0.15) is 0 Å². The van der Waals surface area contributed by atoms with Gasteiger partial charge in [0.05, 0.1) is 5.92 Å². The van der Waals surface area contributed by atoms with Gasteiger partial charge in [-0.2, -0.15) is 4.39 Å². The number of esters is 1. The minimum Gasteiger partial charge on any atom is -0.423 e. The molecule has 32 heavy (non-hydrogen) atoms. The molecule has 2 fully saturated rings. The fraction of sp³-hybridized carbons (Fsp3) is 0.500. The van der Waals surface area contributed by atoms with Gasteiger partial charge in [-0.1, -0.05) is 37.5 Å². The molecule has 2 aliphatic rings. The zero-order valence-electron chi connectivity index (χ0n) is 18.2. The Morgan fingerprint density at radius 2 is 1.28 bits per heavy atom. The summed E-state index contributed by atoms with van der Waals surface area (Å²) in [6.07, 6.45) is 6.89. The van der Waals surface area contributed by atoms with Crippen LogP contribution in [0.15, 0.2) is 24.3 Å². The summed E-state index contributed by atoms with van der Waals surface area (Å²) >= 11 is 0. The first-order valence-electron chi connectivity index (χ1n) is 11.5. The van der Waals surface area contributed by atoms with Crippen LogP contribution in [0.4, 0.5) is 17.6 Å². The summed E-state index contributed by atoms with van der Waals surface area (Å²) in [6.45, 7) is 1.43. The Hall–Kier alpha value is -2.37. The molecule has 0 radical (unpaired) electrons. The van der Waals surface area contributed by atoms with E-state index in [1.807, 2.05) is 0 Å². The normalized spacial score (nSPS) is 22.0. The van der Waals surface area contributed by atoms with Crippen LogP contribution in [0, 0.1) is 36.1 Å². The lowest BCUT2D eigenvalue weighted by atomic mass is 9.77. The summed E-state index contributed by atoms with van der Waals surface area (Å²) in [5.74, 6) is -5.33. The highest BCUT2D eigenvalue weighted by Gasteiger charge is 2.32. The van der Waals surface area contributed by atoms with Gasteiger partial charge in [0.25, 0.3) is 0 Å². The molecule has 4 rings (SSSR count). The van der Waals surface area contributed by atoms with Crippen molar-refractivity contribution in [3.05, 3.63) is 64.2 Å². The fourth-order valence-corrected chi connectivity index (χ4v) is 5.16. The number of carbonyl (C=O) groups excluding carboxylic acids is 1. The van der Waals surface area contributed by atoms with Gasteiger partial charge in [-0.25, -0.2) is 13.2 Å². The minimum atomic E-state index is -1.18. The van der Waals surface area contributed by atoms with Crippen LogP contribution in [0.1, 0.15) is 86.3 Å². The summed E-state index contributed by atoms with van der Waals surface area (Å²) < 4.78 is 62.5. The van der Waals surface area contributed by atoms with Crippen LogP contribution in [0.25, 0.3) is 0 Å². The molecule has 0 heterocycles. The first kappa shape index (κ1) is 22.8. The third-order valence-corrected chi connectivity index (χ3v) is 7.14. The van der Waals surface area contributed by atoms with Crippen molar-refractivity contribution >= 4 is 5.97 Å². The number of hydrogen-bond donors (Lipinski definition) is 0. The Labute approximate surface area is 186 Å². The number of aryl methyl sites for hydroxylation is 1. The van der Waals surface area contributed by atoms with E-state index in [9.17, 15) is 22.4 Å². The zero-order chi connectivity index (χ0) is 22.8. The molecule has 2 aromatic rings. The van der Waals surface area contributed by atoms with E-state index in [0.29, 0.717) is 36.8 Å². The van der Waals surface area contributed by atoms with Crippen LogP contribution in [-0.2, 0) is 4.79 Å². The molecule has 0 saturated heterocycles. The molecule has 2 saturated carbocycles. The van der Waals surface area contributed by atoms with Crippen LogP contribution in [0.2, 0.25) is 0 Å². The number of rotatable bonds is 4. The van der Waals surface area contributed by atoms with Crippen molar-refractivity contribution in [2.45, 2.75) is 76.5 Å². The van der Waals surface area contributed by atoms with E-state index in [2.05, 4.69) is 0 Å². The van der Waals surface area contributed by atoms with Crippen LogP contribution < -0.4 is 4.74 Å². The van der Waals surface area contributed by atoms with E-state index < -0.39 is 40.9 Å². The third-order valence-electron chi connectivity index (χ3n) is 7.14. The van der Waals surface area contributed by atoms with Crippen molar-refractivity contribution in [1.29, 1.82) is 0 Å². The Morgan fingerprint density at radius 3 is 1.88 bits per heavy atom. The van der Waals surface area contributed by atoms with Crippen LogP contribution in [0.3, 0.4) is 0 Å². The van der Waals surface area contributed by atoms with Crippen LogP contribution >= 0.6 is 0 Å². The molecule has 0 aromatic heterocycles. The van der Waals surface area contributed by atoms with Gasteiger partial charge in [0.2, 0.25) is 5.82 Å². The summed E-state index contributed by atoms with van der Waals surface area (Å²) in [4.78, 5) is 12.5. The van der Waals surface area contributed by atoms with E-state index in [1.165, 1.54) is 19.1 Å². The maximum Gasteiger partial charge on any atom is 0.314 e. The topological polar surface area (TPSA) is 26.3 Å². The fourth-order valence-electron chi connectivity index (χ4n) is 5.16. The first-order chi connectivity index (χ1) is 15.4. The van der Waals surface area contributed by atoms with E-state index in [4.69, 9.17) is 4.74 Å². The Bertz CT molecular complexity index is 990. The second kappa shape index (κ2) is 9.63. The predicted octanol–water partition coefficient (Wildman–Crippen LogP) is 7.48. The lowest BCUT2D eigenvalue weighted by molar-refractivity contribution is -0.140. The molecule has 0 spiro atoms. The van der Waals surface area contributed by atoms with Crippen molar-refractivity contribution in [1.82, 2.24) is 0 Å². The Kier molecular flexibility index (Phi) is 6.87. The summed E-state index contributed by atoms with van der Waals surface area (Å²) in [6, 6.07) is 6.03. The van der Waals surface area contributed by atoms with Crippen LogP contribution in [0.5, 0.6) is 5.75 Å². The van der Waals surface area contributed by atoms with Gasteiger partial charge in [-0.15, -0.1) is 0 Å². The van der Waals surface area contributed by atoms with Gasteiger partial charge in [-0.05, 0) is 80.0 Å². The smallest absolute Gasteiger partial charge is 0.314 e. The molecule has 2 aliphatic carbocycles. The highest BCUT2D eigenvalue weighted by atomic mass is 19.2. The third kappa shape index (κ3) is 4.55. The lowest BCUT2D eigenvalue weighted by Gasteiger charge is -2.29. The maximum atomic E-state index is 14.9. The number of halogens is 4. The minimum absolute atomic E-state index is 0.0878. The number of benzene rings is 2. The monoisotopic (exact) mass is 448 g/mol. The van der Waals surface area contributed by atoms with E-state index >= 15 is 0 Å². The Morgan fingerprint density at radius 1 is 0.719 bits per heavy atom. The second-order valence-electron chi connectivity index (χ2n) is 9.19. The van der Waals surface area contributed by atoms with Crippen molar-refractivity contribution in [3.8, 4) is 5.75 Å². The molecule has 172 valence electrons. The molecular weight excluding hydrogens is 420 g/mol.